The van der Waals surface area contributed by atoms with E-state index in [1.165, 1.54) is 0 Å². The molecule has 2 rings (SSSR count). The number of carbonyl (C=O) groups excluding carboxylic acids is 1. The summed E-state index contributed by atoms with van der Waals surface area (Å²) in [6, 6.07) is 13.8. The number of nitrogens with zero attached hydrogens (tertiary/aromatic N) is 1. The van der Waals surface area contributed by atoms with Gasteiger partial charge in [0.05, 0.1) is 5.60 Å². The number of hydrogen-bond acceptors (Lipinski definition) is 3. The molecule has 2 aromatic carbocycles. The molecule has 0 radical (unpaired) electrons. The molecule has 0 aliphatic carbocycles. The molecule has 0 saturated carbocycles. The zero-order valence-corrected chi connectivity index (χ0v) is 17.2. The van der Waals surface area contributed by atoms with Gasteiger partial charge in [-0.25, -0.2) is 0 Å². The van der Waals surface area contributed by atoms with E-state index in [0.717, 1.165) is 16.5 Å². The third-order valence-corrected chi connectivity index (χ3v) is 5.55. The van der Waals surface area contributed by atoms with Crippen molar-refractivity contribution >= 4 is 16.7 Å². The van der Waals surface area contributed by atoms with Crippen LogP contribution in [-0.2, 0) is 4.79 Å². The maximum absolute atomic E-state index is 13.0. The molecular formula is C23H33NO3. The molecule has 0 spiro atoms. The molecular weight excluding hydrogens is 338 g/mol. The Balaban J connectivity index is 2.14. The number of amides is 1. The van der Waals surface area contributed by atoms with Crippen molar-refractivity contribution in [2.75, 3.05) is 6.54 Å². The van der Waals surface area contributed by atoms with E-state index in [0.29, 0.717) is 25.8 Å². The van der Waals surface area contributed by atoms with Gasteiger partial charge >= 0.3 is 0 Å². The smallest absolute Gasteiger partial charge is 0.263 e. The Morgan fingerprint density at radius 2 is 1.70 bits per heavy atom. The minimum Gasteiger partial charge on any atom is -0.480 e. The van der Waals surface area contributed by atoms with E-state index in [4.69, 9.17) is 4.74 Å². The van der Waals surface area contributed by atoms with Crippen LogP contribution in [0.2, 0.25) is 0 Å². The van der Waals surface area contributed by atoms with Crippen molar-refractivity contribution in [1.29, 1.82) is 0 Å². The molecule has 148 valence electrons. The maximum atomic E-state index is 13.0. The second-order valence-corrected chi connectivity index (χ2v) is 7.35. The monoisotopic (exact) mass is 371 g/mol. The first-order valence-electron chi connectivity index (χ1n) is 10.0. The Labute approximate surface area is 163 Å². The summed E-state index contributed by atoms with van der Waals surface area (Å²) in [5.41, 5.74) is -0.729. The molecule has 4 heteroatoms. The summed E-state index contributed by atoms with van der Waals surface area (Å²) in [5.74, 6) is 0.670. The van der Waals surface area contributed by atoms with Crippen LogP contribution in [0.25, 0.3) is 10.8 Å². The molecule has 0 aliphatic heterocycles. The first-order valence-corrected chi connectivity index (χ1v) is 10.0. The standard InChI is InChI=1S/C23H33NO3/c1-6-23(26,7-2)16-17(4)24(8-3)22(25)18(5)27-21-15-11-13-19-12-9-10-14-20(19)21/h9-15,17-18,26H,6-8,16H2,1-5H3. The number of benzene rings is 2. The lowest BCUT2D eigenvalue weighted by atomic mass is 9.89. The summed E-state index contributed by atoms with van der Waals surface area (Å²) >= 11 is 0. The lowest BCUT2D eigenvalue weighted by molar-refractivity contribution is -0.141. The Morgan fingerprint density at radius 3 is 2.33 bits per heavy atom. The van der Waals surface area contributed by atoms with Crippen LogP contribution in [0.1, 0.15) is 53.9 Å². The van der Waals surface area contributed by atoms with E-state index in [2.05, 4.69) is 0 Å². The highest BCUT2D eigenvalue weighted by Gasteiger charge is 2.31. The van der Waals surface area contributed by atoms with Crippen molar-refractivity contribution in [2.24, 2.45) is 0 Å². The number of fused-ring (bicyclic) bond motifs is 1. The Kier molecular flexibility index (Phi) is 7.25. The summed E-state index contributed by atoms with van der Waals surface area (Å²) in [7, 11) is 0. The number of hydrogen-bond donors (Lipinski definition) is 1. The summed E-state index contributed by atoms with van der Waals surface area (Å²) in [6.07, 6.45) is 1.35. The van der Waals surface area contributed by atoms with Crippen molar-refractivity contribution in [3.63, 3.8) is 0 Å². The zero-order valence-electron chi connectivity index (χ0n) is 17.2. The Bertz CT molecular complexity index is 749. The summed E-state index contributed by atoms with van der Waals surface area (Å²) < 4.78 is 6.05. The molecule has 2 atom stereocenters. The number of rotatable bonds is 9. The highest BCUT2D eigenvalue weighted by atomic mass is 16.5. The second kappa shape index (κ2) is 9.23. The number of aliphatic hydroxyl groups is 1. The summed E-state index contributed by atoms with van der Waals surface area (Å²) in [5, 5.41) is 12.7. The third kappa shape index (κ3) is 5.01. The van der Waals surface area contributed by atoms with Gasteiger partial charge in [-0.1, -0.05) is 50.2 Å². The number of likely N-dealkylation sites (N-methyl/N-ethyl adjacent to an activating group) is 1. The average molecular weight is 372 g/mol. The van der Waals surface area contributed by atoms with Gasteiger partial charge in [0, 0.05) is 18.0 Å². The van der Waals surface area contributed by atoms with Crippen molar-refractivity contribution in [3.05, 3.63) is 42.5 Å². The molecule has 4 nitrogen and oxygen atoms in total. The predicted octanol–water partition coefficient (Wildman–Crippen LogP) is 4.79. The molecule has 0 heterocycles. The summed E-state index contributed by atoms with van der Waals surface area (Å²) in [6.45, 7) is 10.3. The van der Waals surface area contributed by atoms with Crippen molar-refractivity contribution < 1.29 is 14.6 Å². The molecule has 2 aromatic rings. The van der Waals surface area contributed by atoms with Crippen molar-refractivity contribution in [2.45, 2.75) is 71.6 Å². The van der Waals surface area contributed by atoms with E-state index in [1.807, 2.05) is 75.1 Å². The normalized spacial score (nSPS) is 14.0. The minimum atomic E-state index is -0.729. The number of ether oxygens (including phenoxy) is 1. The largest absolute Gasteiger partial charge is 0.480 e. The van der Waals surface area contributed by atoms with Gasteiger partial charge < -0.3 is 14.7 Å². The van der Waals surface area contributed by atoms with Gasteiger partial charge in [0.2, 0.25) is 0 Å². The van der Waals surface area contributed by atoms with Crippen LogP contribution in [-0.4, -0.2) is 40.2 Å². The fourth-order valence-corrected chi connectivity index (χ4v) is 3.66. The molecule has 1 amide bonds. The van der Waals surface area contributed by atoms with Crippen LogP contribution >= 0.6 is 0 Å². The fourth-order valence-electron chi connectivity index (χ4n) is 3.66. The van der Waals surface area contributed by atoms with E-state index in [9.17, 15) is 9.90 Å². The van der Waals surface area contributed by atoms with Gasteiger partial charge in [-0.05, 0) is 51.5 Å². The highest BCUT2D eigenvalue weighted by Crippen LogP contribution is 2.27. The van der Waals surface area contributed by atoms with Crippen LogP contribution in [0.4, 0.5) is 0 Å². The van der Waals surface area contributed by atoms with Gasteiger partial charge in [0.25, 0.3) is 5.91 Å². The molecule has 0 aliphatic rings. The first-order chi connectivity index (χ1) is 12.8. The quantitative estimate of drug-likeness (QED) is 0.690. The topological polar surface area (TPSA) is 49.8 Å². The van der Waals surface area contributed by atoms with Crippen molar-refractivity contribution in [3.8, 4) is 5.75 Å². The molecule has 0 bridgehead atoms. The molecule has 1 N–H and O–H groups in total. The zero-order chi connectivity index (χ0) is 20.0. The predicted molar refractivity (Wildman–Crippen MR) is 111 cm³/mol. The van der Waals surface area contributed by atoms with E-state index in [1.54, 1.807) is 6.92 Å². The number of carbonyl (C=O) groups is 1. The van der Waals surface area contributed by atoms with Crippen LogP contribution in [0, 0.1) is 0 Å². The maximum Gasteiger partial charge on any atom is 0.263 e. The van der Waals surface area contributed by atoms with Gasteiger partial charge in [-0.15, -0.1) is 0 Å². The third-order valence-electron chi connectivity index (χ3n) is 5.55. The molecule has 0 saturated heterocycles. The van der Waals surface area contributed by atoms with Gasteiger partial charge in [-0.2, -0.15) is 0 Å². The van der Waals surface area contributed by atoms with Crippen molar-refractivity contribution in [1.82, 2.24) is 4.90 Å². The van der Waals surface area contributed by atoms with Gasteiger partial charge in [-0.3, -0.25) is 4.79 Å². The fraction of sp³-hybridized carbons (Fsp3) is 0.522. The SMILES string of the molecule is CCN(C(=O)C(C)Oc1cccc2ccccc12)C(C)CC(O)(CC)CC. The molecule has 27 heavy (non-hydrogen) atoms. The Hall–Kier alpha value is -2.07. The van der Waals surface area contributed by atoms with E-state index in [-0.39, 0.29) is 11.9 Å². The second-order valence-electron chi connectivity index (χ2n) is 7.35. The van der Waals surface area contributed by atoms with Crippen LogP contribution in [0.15, 0.2) is 42.5 Å². The van der Waals surface area contributed by atoms with Gasteiger partial charge in [0.1, 0.15) is 5.75 Å². The summed E-state index contributed by atoms with van der Waals surface area (Å²) in [4.78, 5) is 14.8. The lowest BCUT2D eigenvalue weighted by Gasteiger charge is -2.36. The Morgan fingerprint density at radius 1 is 1.07 bits per heavy atom. The molecule has 2 unspecified atom stereocenters. The molecule has 0 aromatic heterocycles. The highest BCUT2D eigenvalue weighted by molar-refractivity contribution is 5.89. The van der Waals surface area contributed by atoms with Crippen LogP contribution in [0.3, 0.4) is 0 Å². The van der Waals surface area contributed by atoms with E-state index >= 15 is 0 Å². The van der Waals surface area contributed by atoms with Crippen LogP contribution < -0.4 is 4.74 Å². The first kappa shape index (κ1) is 21.2. The van der Waals surface area contributed by atoms with Gasteiger partial charge in [0.15, 0.2) is 6.10 Å². The lowest BCUT2D eigenvalue weighted by Crippen LogP contribution is -2.48. The molecule has 0 fully saturated rings. The van der Waals surface area contributed by atoms with E-state index < -0.39 is 11.7 Å². The average Bonchev–Trinajstić information content (AvgIpc) is 2.68. The minimum absolute atomic E-state index is 0.0486. The van der Waals surface area contributed by atoms with Crippen LogP contribution in [0.5, 0.6) is 5.75 Å².